The minimum absolute atomic E-state index is 0.0825. The number of anilines is 1. The van der Waals surface area contributed by atoms with Gasteiger partial charge in [-0.25, -0.2) is 4.79 Å². The van der Waals surface area contributed by atoms with Crippen molar-refractivity contribution in [2.24, 2.45) is 0 Å². The quantitative estimate of drug-likeness (QED) is 0.661. The molecule has 1 N–H and O–H groups in total. The van der Waals surface area contributed by atoms with E-state index in [1.54, 1.807) is 12.1 Å². The summed E-state index contributed by atoms with van der Waals surface area (Å²) in [7, 11) is 0. The monoisotopic (exact) mass is 394 g/mol. The molecule has 1 aliphatic rings. The van der Waals surface area contributed by atoms with Gasteiger partial charge in [0.15, 0.2) is 17.5 Å². The highest BCUT2D eigenvalue weighted by atomic mass is 35.5. The molecule has 0 radical (unpaired) electrons. The minimum Gasteiger partial charge on any atom is -0.447 e. The van der Waals surface area contributed by atoms with Gasteiger partial charge in [0.2, 0.25) is 0 Å². The number of hydrogen-bond donors (Lipinski definition) is 1. The first-order valence-electron chi connectivity index (χ1n) is 8.94. The number of carbonyl (C=O) groups excluding carboxylic acids is 1. The van der Waals surface area contributed by atoms with Crippen molar-refractivity contribution in [2.45, 2.75) is 45.0 Å². The lowest BCUT2D eigenvalue weighted by Crippen LogP contribution is -2.25. The number of unbranched alkanes of at least 4 members (excludes halogenated alkanes) is 1. The van der Waals surface area contributed by atoms with Crippen molar-refractivity contribution in [3.8, 4) is 0 Å². The molecule has 3 rings (SSSR count). The fourth-order valence-corrected chi connectivity index (χ4v) is 3.00. The number of benzene rings is 1. The van der Waals surface area contributed by atoms with Gasteiger partial charge in [-0.1, -0.05) is 29.8 Å². The van der Waals surface area contributed by atoms with Crippen molar-refractivity contribution in [3.63, 3.8) is 0 Å². The number of ether oxygens (including phenoxy) is 3. The number of carbonyl (C=O) groups is 1. The summed E-state index contributed by atoms with van der Waals surface area (Å²) in [5.41, 5.74) is 0.735. The minimum atomic E-state index is -0.613. The van der Waals surface area contributed by atoms with Crippen LogP contribution in [0.15, 0.2) is 34.9 Å². The van der Waals surface area contributed by atoms with E-state index in [0.717, 1.165) is 24.8 Å². The smallest absolute Gasteiger partial charge is 0.413 e. The van der Waals surface area contributed by atoms with E-state index in [-0.39, 0.29) is 6.61 Å². The first kappa shape index (κ1) is 19.7. The van der Waals surface area contributed by atoms with Crippen molar-refractivity contribution < 1.29 is 23.4 Å². The SMILES string of the molecule is CC1(CCCCc2nc(NC(=O)OCc3ccccc3Cl)co2)OCCO1. The molecule has 2 heterocycles. The zero-order valence-corrected chi connectivity index (χ0v) is 16.0. The van der Waals surface area contributed by atoms with Crippen LogP contribution in [0.25, 0.3) is 0 Å². The number of oxazole rings is 1. The number of aromatic nitrogens is 1. The van der Waals surface area contributed by atoms with Gasteiger partial charge in [-0.2, -0.15) is 4.98 Å². The topological polar surface area (TPSA) is 82.8 Å². The molecule has 27 heavy (non-hydrogen) atoms. The zero-order valence-electron chi connectivity index (χ0n) is 15.2. The van der Waals surface area contributed by atoms with Gasteiger partial charge >= 0.3 is 6.09 Å². The lowest BCUT2D eigenvalue weighted by atomic mass is 10.1. The van der Waals surface area contributed by atoms with E-state index >= 15 is 0 Å². The van der Waals surface area contributed by atoms with E-state index in [0.29, 0.717) is 36.4 Å². The van der Waals surface area contributed by atoms with Gasteiger partial charge in [0.25, 0.3) is 0 Å². The van der Waals surface area contributed by atoms with E-state index in [9.17, 15) is 4.79 Å². The Morgan fingerprint density at radius 2 is 2.07 bits per heavy atom. The van der Waals surface area contributed by atoms with Crippen molar-refractivity contribution in [1.29, 1.82) is 0 Å². The van der Waals surface area contributed by atoms with E-state index in [2.05, 4.69) is 10.3 Å². The van der Waals surface area contributed by atoms with E-state index in [1.807, 2.05) is 19.1 Å². The van der Waals surface area contributed by atoms with Gasteiger partial charge in [-0.05, 0) is 25.8 Å². The Balaban J connectivity index is 1.37. The third kappa shape index (κ3) is 5.95. The third-order valence-electron chi connectivity index (χ3n) is 4.27. The van der Waals surface area contributed by atoms with Crippen LogP contribution in [-0.4, -0.2) is 30.1 Å². The van der Waals surface area contributed by atoms with E-state index < -0.39 is 11.9 Å². The van der Waals surface area contributed by atoms with Crippen molar-refractivity contribution in [3.05, 3.63) is 47.0 Å². The third-order valence-corrected chi connectivity index (χ3v) is 4.64. The summed E-state index contributed by atoms with van der Waals surface area (Å²) in [6.07, 6.45) is 4.11. The molecule has 1 amide bonds. The molecule has 0 aliphatic carbocycles. The zero-order chi connectivity index (χ0) is 19.1. The highest BCUT2D eigenvalue weighted by molar-refractivity contribution is 6.31. The van der Waals surface area contributed by atoms with E-state index in [1.165, 1.54) is 6.26 Å². The molecular weight excluding hydrogens is 372 g/mol. The number of hydrogen-bond acceptors (Lipinski definition) is 6. The molecule has 0 unspecified atom stereocenters. The van der Waals surface area contributed by atoms with Gasteiger partial charge in [-0.3, -0.25) is 5.32 Å². The van der Waals surface area contributed by atoms with Crippen LogP contribution < -0.4 is 5.32 Å². The molecule has 7 nitrogen and oxygen atoms in total. The largest absolute Gasteiger partial charge is 0.447 e. The molecule has 0 atom stereocenters. The Kier molecular flexibility index (Phi) is 6.71. The Morgan fingerprint density at radius 3 is 2.85 bits per heavy atom. The summed E-state index contributed by atoms with van der Waals surface area (Å²) in [4.78, 5) is 16.1. The molecule has 1 aliphatic heterocycles. The Labute approximate surface area is 163 Å². The van der Waals surface area contributed by atoms with Crippen LogP contribution >= 0.6 is 11.6 Å². The molecule has 2 aromatic rings. The maximum atomic E-state index is 11.9. The normalized spacial score (nSPS) is 15.6. The second kappa shape index (κ2) is 9.21. The number of amides is 1. The van der Waals surface area contributed by atoms with Crippen LogP contribution in [0.1, 0.15) is 37.6 Å². The first-order valence-corrected chi connectivity index (χ1v) is 9.31. The van der Waals surface area contributed by atoms with Crippen LogP contribution in [0.5, 0.6) is 0 Å². The number of aryl methyl sites for hydroxylation is 1. The lowest BCUT2D eigenvalue weighted by molar-refractivity contribution is -0.147. The van der Waals surface area contributed by atoms with Crippen LogP contribution in [0.3, 0.4) is 0 Å². The molecule has 8 heteroatoms. The highest BCUT2D eigenvalue weighted by Gasteiger charge is 2.29. The molecular formula is C19H23ClN2O5. The van der Waals surface area contributed by atoms with E-state index in [4.69, 9.17) is 30.2 Å². The van der Waals surface area contributed by atoms with Gasteiger partial charge in [0.1, 0.15) is 12.9 Å². The Morgan fingerprint density at radius 1 is 1.30 bits per heavy atom. The van der Waals surface area contributed by atoms with Crippen LogP contribution in [0, 0.1) is 0 Å². The van der Waals surface area contributed by atoms with Crippen molar-refractivity contribution >= 4 is 23.5 Å². The molecule has 1 aromatic carbocycles. The highest BCUT2D eigenvalue weighted by Crippen LogP contribution is 2.25. The standard InChI is InChI=1S/C19H23ClN2O5/c1-19(26-10-11-27-19)9-5-4-8-17-21-16(13-24-17)22-18(23)25-12-14-6-2-3-7-15(14)20/h2-3,6-7,13H,4-5,8-12H2,1H3,(H,22,23). The lowest BCUT2D eigenvalue weighted by Gasteiger charge is -2.21. The second-order valence-electron chi connectivity index (χ2n) is 6.46. The molecule has 1 fully saturated rings. The van der Waals surface area contributed by atoms with Crippen molar-refractivity contribution in [1.82, 2.24) is 4.98 Å². The Bertz CT molecular complexity index is 758. The number of nitrogens with one attached hydrogen (secondary N) is 1. The molecule has 146 valence electrons. The Hall–Kier alpha value is -2.09. The first-order chi connectivity index (χ1) is 13.0. The predicted molar refractivity (Wildman–Crippen MR) is 99.6 cm³/mol. The summed E-state index contributed by atoms with van der Waals surface area (Å²) in [5.74, 6) is 0.424. The molecule has 1 aromatic heterocycles. The van der Waals surface area contributed by atoms with Crippen LogP contribution in [0.4, 0.5) is 10.6 Å². The summed E-state index contributed by atoms with van der Waals surface area (Å²) in [6.45, 7) is 3.34. The molecule has 0 spiro atoms. The summed E-state index contributed by atoms with van der Waals surface area (Å²) in [6, 6.07) is 7.19. The average molecular weight is 395 g/mol. The number of rotatable bonds is 8. The van der Waals surface area contributed by atoms with Gasteiger partial charge in [0, 0.05) is 23.4 Å². The van der Waals surface area contributed by atoms with Crippen molar-refractivity contribution in [2.75, 3.05) is 18.5 Å². The van der Waals surface area contributed by atoms with Crippen LogP contribution in [0.2, 0.25) is 5.02 Å². The second-order valence-corrected chi connectivity index (χ2v) is 6.86. The molecule has 1 saturated heterocycles. The average Bonchev–Trinajstić information content (AvgIpc) is 3.28. The fraction of sp³-hybridized carbons (Fsp3) is 0.474. The van der Waals surface area contributed by atoms with Gasteiger partial charge in [0.05, 0.1) is 13.2 Å². The fourth-order valence-electron chi connectivity index (χ4n) is 2.81. The maximum Gasteiger partial charge on any atom is 0.413 e. The van der Waals surface area contributed by atoms with Gasteiger partial charge < -0.3 is 18.6 Å². The number of nitrogens with zero attached hydrogens (tertiary/aromatic N) is 1. The summed E-state index contributed by atoms with van der Waals surface area (Å²) >= 11 is 6.03. The summed E-state index contributed by atoms with van der Waals surface area (Å²) < 4.78 is 21.7. The van der Waals surface area contributed by atoms with Gasteiger partial charge in [-0.15, -0.1) is 0 Å². The molecule has 0 saturated carbocycles. The predicted octanol–water partition coefficient (Wildman–Crippen LogP) is 4.55. The summed E-state index contributed by atoms with van der Waals surface area (Å²) in [5, 5.41) is 3.10. The maximum absolute atomic E-state index is 11.9. The molecule has 0 bridgehead atoms. The van der Waals surface area contributed by atoms with Crippen LogP contribution in [-0.2, 0) is 27.2 Å². The number of halogens is 1.